The lowest BCUT2D eigenvalue weighted by Gasteiger charge is -2.07. The van der Waals surface area contributed by atoms with Crippen molar-refractivity contribution in [3.05, 3.63) is 12.2 Å². The Morgan fingerprint density at radius 3 is 2.57 bits per heavy atom. The minimum Gasteiger partial charge on any atom is -0.391 e. The second-order valence-corrected chi connectivity index (χ2v) is 3.10. The Hall–Kier alpha value is -1.20. The maximum atomic E-state index is 11.1. The van der Waals surface area contributed by atoms with Crippen LogP contribution in [-0.4, -0.2) is 36.0 Å². The quantitative estimate of drug-likeness (QED) is 0.477. The van der Waals surface area contributed by atoms with E-state index in [1.807, 2.05) is 0 Å². The van der Waals surface area contributed by atoms with E-state index in [0.717, 1.165) is 0 Å². The van der Waals surface area contributed by atoms with Crippen molar-refractivity contribution < 1.29 is 14.7 Å². The predicted molar refractivity (Wildman–Crippen MR) is 52.5 cm³/mol. The second-order valence-electron chi connectivity index (χ2n) is 3.10. The highest BCUT2D eigenvalue weighted by Crippen LogP contribution is 1.91. The molecule has 5 heteroatoms. The molecule has 0 aromatic rings. The van der Waals surface area contributed by atoms with Crippen LogP contribution in [0.5, 0.6) is 0 Å². The Bertz CT molecular complexity index is 238. The number of nitrogens with two attached hydrogens (primary N) is 1. The number of aliphatic hydroxyl groups is 1. The van der Waals surface area contributed by atoms with Gasteiger partial charge >= 0.3 is 0 Å². The lowest BCUT2D eigenvalue weighted by Crippen LogP contribution is -2.32. The average molecular weight is 200 g/mol. The van der Waals surface area contributed by atoms with Crippen molar-refractivity contribution in [2.24, 2.45) is 5.73 Å². The number of nitrogens with one attached hydrogen (secondary N) is 1. The number of carbonyl (C=O) groups is 2. The van der Waals surface area contributed by atoms with E-state index in [1.165, 1.54) is 0 Å². The Labute approximate surface area is 83.0 Å². The van der Waals surface area contributed by atoms with E-state index in [2.05, 4.69) is 11.9 Å². The zero-order valence-electron chi connectivity index (χ0n) is 8.25. The predicted octanol–water partition coefficient (Wildman–Crippen LogP) is -1.04. The van der Waals surface area contributed by atoms with Crippen LogP contribution in [0.1, 0.15) is 13.3 Å². The molecule has 0 aliphatic rings. The summed E-state index contributed by atoms with van der Waals surface area (Å²) in [7, 11) is 0. The highest BCUT2D eigenvalue weighted by atomic mass is 16.3. The summed E-state index contributed by atoms with van der Waals surface area (Å²) in [4.78, 5) is 22.0. The van der Waals surface area contributed by atoms with Gasteiger partial charge in [0.2, 0.25) is 5.91 Å². The number of Topliss-reactive ketones (excluding diaryl/α,β-unsaturated/α-hetero) is 1. The van der Waals surface area contributed by atoms with Gasteiger partial charge in [-0.2, -0.15) is 0 Å². The van der Waals surface area contributed by atoms with E-state index in [0.29, 0.717) is 5.57 Å². The molecule has 0 saturated carbocycles. The van der Waals surface area contributed by atoms with Crippen LogP contribution in [0.15, 0.2) is 12.2 Å². The third-order valence-electron chi connectivity index (χ3n) is 1.57. The molecule has 0 aromatic carbocycles. The molecule has 0 heterocycles. The maximum absolute atomic E-state index is 11.1. The smallest absolute Gasteiger partial charge is 0.246 e. The Morgan fingerprint density at radius 2 is 2.14 bits per heavy atom. The van der Waals surface area contributed by atoms with Crippen LogP contribution in [0, 0.1) is 0 Å². The number of rotatable bonds is 6. The lowest BCUT2D eigenvalue weighted by atomic mass is 10.2. The summed E-state index contributed by atoms with van der Waals surface area (Å²) < 4.78 is 0. The van der Waals surface area contributed by atoms with E-state index in [9.17, 15) is 9.59 Å². The van der Waals surface area contributed by atoms with E-state index in [1.54, 1.807) is 6.92 Å². The molecule has 14 heavy (non-hydrogen) atoms. The van der Waals surface area contributed by atoms with Gasteiger partial charge in [0.25, 0.3) is 0 Å². The molecule has 4 N–H and O–H groups in total. The zero-order valence-corrected chi connectivity index (χ0v) is 8.25. The summed E-state index contributed by atoms with van der Waals surface area (Å²) in [5.41, 5.74) is 5.47. The normalized spacial score (nSPS) is 11.9. The topological polar surface area (TPSA) is 92.4 Å². The van der Waals surface area contributed by atoms with Crippen molar-refractivity contribution in [1.82, 2.24) is 5.32 Å². The summed E-state index contributed by atoms with van der Waals surface area (Å²) in [6, 6.07) is 0. The molecule has 0 radical (unpaired) electrons. The summed E-state index contributed by atoms with van der Waals surface area (Å²) in [6.07, 6.45) is -0.864. The van der Waals surface area contributed by atoms with Crippen molar-refractivity contribution in [3.63, 3.8) is 0 Å². The first-order valence-electron chi connectivity index (χ1n) is 4.31. The van der Waals surface area contributed by atoms with Gasteiger partial charge < -0.3 is 16.2 Å². The molecule has 0 aromatic heterocycles. The minimum absolute atomic E-state index is 0.0348. The molecule has 0 rings (SSSR count). The van der Waals surface area contributed by atoms with E-state index >= 15 is 0 Å². The molecule has 0 aliphatic carbocycles. The molecule has 1 atom stereocenters. The number of carbonyl (C=O) groups excluding carboxylic acids is 2. The minimum atomic E-state index is -0.829. The molecule has 0 saturated heterocycles. The molecule has 0 aliphatic heterocycles. The van der Waals surface area contributed by atoms with Gasteiger partial charge in [0.15, 0.2) is 5.78 Å². The van der Waals surface area contributed by atoms with Crippen LogP contribution in [-0.2, 0) is 9.59 Å². The van der Waals surface area contributed by atoms with Gasteiger partial charge in [-0.25, -0.2) is 0 Å². The van der Waals surface area contributed by atoms with Gasteiger partial charge in [0.05, 0.1) is 12.6 Å². The van der Waals surface area contributed by atoms with Gasteiger partial charge in [0, 0.05) is 18.5 Å². The first-order valence-corrected chi connectivity index (χ1v) is 4.31. The summed E-state index contributed by atoms with van der Waals surface area (Å²) in [5, 5.41) is 11.4. The summed E-state index contributed by atoms with van der Waals surface area (Å²) >= 11 is 0. The monoisotopic (exact) mass is 200 g/mol. The van der Waals surface area contributed by atoms with Crippen molar-refractivity contribution >= 4 is 11.7 Å². The van der Waals surface area contributed by atoms with Gasteiger partial charge in [-0.15, -0.1) is 0 Å². The molecular weight excluding hydrogens is 184 g/mol. The fraction of sp³-hybridized carbons (Fsp3) is 0.556. The molecular formula is C9H16N2O3. The van der Waals surface area contributed by atoms with Crippen molar-refractivity contribution in [1.29, 1.82) is 0 Å². The van der Waals surface area contributed by atoms with Crippen LogP contribution in [0.4, 0.5) is 0 Å². The third-order valence-corrected chi connectivity index (χ3v) is 1.57. The van der Waals surface area contributed by atoms with E-state index in [-0.39, 0.29) is 31.2 Å². The zero-order chi connectivity index (χ0) is 11.1. The van der Waals surface area contributed by atoms with Crippen LogP contribution >= 0.6 is 0 Å². The first kappa shape index (κ1) is 12.8. The largest absolute Gasteiger partial charge is 0.391 e. The van der Waals surface area contributed by atoms with Gasteiger partial charge in [0.1, 0.15) is 0 Å². The third kappa shape index (κ3) is 5.45. The number of hydrogen-bond acceptors (Lipinski definition) is 4. The highest BCUT2D eigenvalue weighted by molar-refractivity contribution is 5.95. The molecule has 0 fully saturated rings. The SMILES string of the molecule is C=C(C)C(=O)NCC(=O)CC(O)CN. The number of ketones is 1. The fourth-order valence-corrected chi connectivity index (χ4v) is 0.748. The van der Waals surface area contributed by atoms with Gasteiger partial charge in [-0.1, -0.05) is 6.58 Å². The van der Waals surface area contributed by atoms with Crippen molar-refractivity contribution in [2.75, 3.05) is 13.1 Å². The number of aliphatic hydroxyl groups excluding tert-OH is 1. The molecule has 1 unspecified atom stereocenters. The Balaban J connectivity index is 3.75. The Kier molecular flexibility index (Phi) is 5.74. The van der Waals surface area contributed by atoms with E-state index in [4.69, 9.17) is 10.8 Å². The summed E-state index contributed by atoms with van der Waals surface area (Å²) in [6.45, 7) is 4.91. The van der Waals surface area contributed by atoms with Crippen LogP contribution in [0.25, 0.3) is 0 Å². The first-order chi connectivity index (χ1) is 6.47. The van der Waals surface area contributed by atoms with Crippen molar-refractivity contribution in [2.45, 2.75) is 19.4 Å². The van der Waals surface area contributed by atoms with E-state index < -0.39 is 6.10 Å². The average Bonchev–Trinajstić information content (AvgIpc) is 2.13. The Morgan fingerprint density at radius 1 is 1.57 bits per heavy atom. The maximum Gasteiger partial charge on any atom is 0.246 e. The fourth-order valence-electron chi connectivity index (χ4n) is 0.748. The highest BCUT2D eigenvalue weighted by Gasteiger charge is 2.10. The molecule has 1 amide bonds. The van der Waals surface area contributed by atoms with Crippen LogP contribution in [0.3, 0.4) is 0 Å². The molecule has 0 bridgehead atoms. The molecule has 5 nitrogen and oxygen atoms in total. The van der Waals surface area contributed by atoms with Crippen molar-refractivity contribution in [3.8, 4) is 0 Å². The van der Waals surface area contributed by atoms with Crippen LogP contribution < -0.4 is 11.1 Å². The standard InChI is InChI=1S/C9H16N2O3/c1-6(2)9(14)11-5-8(13)3-7(12)4-10/h7,12H,1,3-5,10H2,2H3,(H,11,14). The molecule has 80 valence electrons. The lowest BCUT2D eigenvalue weighted by molar-refractivity contribution is -0.124. The van der Waals surface area contributed by atoms with Gasteiger partial charge in [-0.3, -0.25) is 9.59 Å². The van der Waals surface area contributed by atoms with Crippen LogP contribution in [0.2, 0.25) is 0 Å². The number of hydrogen-bond donors (Lipinski definition) is 3. The molecule has 0 spiro atoms. The summed E-state index contributed by atoms with van der Waals surface area (Å²) in [5.74, 6) is -0.613. The van der Waals surface area contributed by atoms with Gasteiger partial charge in [-0.05, 0) is 6.92 Å². The second kappa shape index (κ2) is 6.28. The number of amides is 1.